The van der Waals surface area contributed by atoms with Gasteiger partial charge >= 0.3 is 0 Å². The van der Waals surface area contributed by atoms with Crippen LogP contribution in [0.2, 0.25) is 0 Å². The molecule has 0 bridgehead atoms. The summed E-state index contributed by atoms with van der Waals surface area (Å²) in [5, 5.41) is 0. The minimum absolute atomic E-state index is 0.463. The molecule has 0 amide bonds. The van der Waals surface area contributed by atoms with Gasteiger partial charge in [0.15, 0.2) is 0 Å². The number of piperidine rings is 1. The Morgan fingerprint density at radius 1 is 1.25 bits per heavy atom. The van der Waals surface area contributed by atoms with Crippen molar-refractivity contribution in [1.29, 1.82) is 0 Å². The fourth-order valence-electron chi connectivity index (χ4n) is 3.84. The van der Waals surface area contributed by atoms with E-state index in [1.165, 1.54) is 38.5 Å². The molecule has 2 fully saturated rings. The van der Waals surface area contributed by atoms with Crippen molar-refractivity contribution in [1.82, 2.24) is 4.98 Å². The van der Waals surface area contributed by atoms with Gasteiger partial charge in [0.05, 0.1) is 5.56 Å². The Hall–Kier alpha value is -1.16. The van der Waals surface area contributed by atoms with E-state index in [0.29, 0.717) is 11.0 Å². The molecular formula is C16H23N3S. The molecule has 3 nitrogen and oxygen atoms in total. The SMILES string of the molecule is Cc1ccc(C(N)=S)c(N2CCC[C@H]3CCCC[C@H]32)n1. The number of rotatable bonds is 2. The molecule has 1 aliphatic carbocycles. The highest BCUT2D eigenvalue weighted by Crippen LogP contribution is 2.38. The summed E-state index contributed by atoms with van der Waals surface area (Å²) < 4.78 is 0. The third kappa shape index (κ3) is 2.53. The Labute approximate surface area is 126 Å². The molecule has 0 radical (unpaired) electrons. The second-order valence-corrected chi connectivity index (χ2v) is 6.58. The molecule has 0 aromatic carbocycles. The number of anilines is 1. The second kappa shape index (κ2) is 5.68. The van der Waals surface area contributed by atoms with E-state index in [-0.39, 0.29) is 0 Å². The van der Waals surface area contributed by atoms with Gasteiger partial charge in [-0.3, -0.25) is 0 Å². The number of hydrogen-bond acceptors (Lipinski definition) is 3. The first-order valence-corrected chi connectivity index (χ1v) is 8.12. The van der Waals surface area contributed by atoms with Gasteiger partial charge in [-0.15, -0.1) is 0 Å². The van der Waals surface area contributed by atoms with Crippen LogP contribution in [0.4, 0.5) is 5.82 Å². The summed E-state index contributed by atoms with van der Waals surface area (Å²) in [6.45, 7) is 3.13. The minimum atomic E-state index is 0.463. The highest BCUT2D eigenvalue weighted by molar-refractivity contribution is 7.80. The Balaban J connectivity index is 1.98. The van der Waals surface area contributed by atoms with Gasteiger partial charge in [-0.05, 0) is 50.7 Å². The molecule has 1 aliphatic heterocycles. The summed E-state index contributed by atoms with van der Waals surface area (Å²) >= 11 is 5.22. The number of hydrogen-bond donors (Lipinski definition) is 1. The monoisotopic (exact) mass is 289 g/mol. The van der Waals surface area contributed by atoms with E-state index < -0.39 is 0 Å². The average molecular weight is 289 g/mol. The number of nitrogens with two attached hydrogens (primary N) is 1. The molecule has 1 aromatic rings. The van der Waals surface area contributed by atoms with Crippen LogP contribution in [0.25, 0.3) is 0 Å². The molecule has 108 valence electrons. The minimum Gasteiger partial charge on any atom is -0.389 e. The third-order valence-electron chi connectivity index (χ3n) is 4.80. The lowest BCUT2D eigenvalue weighted by Crippen LogP contribution is -2.48. The normalized spacial score (nSPS) is 26.1. The summed E-state index contributed by atoms with van der Waals surface area (Å²) in [7, 11) is 0. The molecule has 2 aliphatic rings. The molecule has 4 heteroatoms. The van der Waals surface area contributed by atoms with Crippen LogP contribution in [0.15, 0.2) is 12.1 Å². The molecule has 1 saturated carbocycles. The van der Waals surface area contributed by atoms with Gasteiger partial charge in [-0.2, -0.15) is 0 Å². The van der Waals surface area contributed by atoms with Crippen molar-refractivity contribution < 1.29 is 0 Å². The number of pyridine rings is 1. The van der Waals surface area contributed by atoms with E-state index in [1.807, 2.05) is 19.1 Å². The summed E-state index contributed by atoms with van der Waals surface area (Å²) in [5.74, 6) is 1.85. The van der Waals surface area contributed by atoms with Crippen LogP contribution >= 0.6 is 12.2 Å². The first-order chi connectivity index (χ1) is 9.66. The molecule has 3 rings (SSSR count). The molecule has 20 heavy (non-hydrogen) atoms. The van der Waals surface area contributed by atoms with E-state index in [0.717, 1.165) is 29.5 Å². The van der Waals surface area contributed by atoms with Gasteiger partial charge in [0.2, 0.25) is 0 Å². The van der Waals surface area contributed by atoms with Gasteiger partial charge < -0.3 is 10.6 Å². The summed E-state index contributed by atoms with van der Waals surface area (Å²) in [5.41, 5.74) is 7.89. The fraction of sp³-hybridized carbons (Fsp3) is 0.625. The average Bonchev–Trinajstić information content (AvgIpc) is 2.46. The van der Waals surface area contributed by atoms with Crippen molar-refractivity contribution in [2.45, 2.75) is 51.5 Å². The quantitative estimate of drug-likeness (QED) is 0.849. The summed E-state index contributed by atoms with van der Waals surface area (Å²) in [4.78, 5) is 7.73. The first-order valence-electron chi connectivity index (χ1n) is 7.71. The maximum Gasteiger partial charge on any atom is 0.139 e. The number of thiocarbonyl (C=S) groups is 1. The van der Waals surface area contributed by atoms with Crippen molar-refractivity contribution in [2.75, 3.05) is 11.4 Å². The van der Waals surface area contributed by atoms with E-state index in [1.54, 1.807) is 0 Å². The molecule has 1 aromatic heterocycles. The lowest BCUT2D eigenvalue weighted by atomic mass is 9.78. The highest BCUT2D eigenvalue weighted by Gasteiger charge is 2.34. The smallest absolute Gasteiger partial charge is 0.139 e. The molecule has 2 heterocycles. The predicted octanol–water partition coefficient (Wildman–Crippen LogP) is 3.18. The van der Waals surface area contributed by atoms with Crippen molar-refractivity contribution in [3.63, 3.8) is 0 Å². The van der Waals surface area contributed by atoms with Crippen LogP contribution in [-0.2, 0) is 0 Å². The predicted molar refractivity (Wildman–Crippen MR) is 87.2 cm³/mol. The molecule has 0 unspecified atom stereocenters. The van der Waals surface area contributed by atoms with E-state index in [4.69, 9.17) is 22.9 Å². The molecule has 2 atom stereocenters. The molecule has 0 spiro atoms. The Morgan fingerprint density at radius 2 is 2.00 bits per heavy atom. The van der Waals surface area contributed by atoms with E-state index in [2.05, 4.69) is 4.90 Å². The van der Waals surface area contributed by atoms with Crippen LogP contribution in [0.3, 0.4) is 0 Å². The zero-order chi connectivity index (χ0) is 14.1. The largest absolute Gasteiger partial charge is 0.389 e. The maximum absolute atomic E-state index is 5.90. The Morgan fingerprint density at radius 3 is 2.80 bits per heavy atom. The number of nitrogens with zero attached hydrogens (tertiary/aromatic N) is 2. The van der Waals surface area contributed by atoms with Crippen molar-refractivity contribution in [3.05, 3.63) is 23.4 Å². The zero-order valence-electron chi connectivity index (χ0n) is 12.1. The number of aryl methyl sites for hydroxylation is 1. The standard InChI is InChI=1S/C16H23N3S/c1-11-8-9-13(15(17)20)16(18-11)19-10-4-6-12-5-2-3-7-14(12)19/h8-9,12,14H,2-7,10H2,1H3,(H2,17,20)/t12-,14-/m1/s1. The summed E-state index contributed by atoms with van der Waals surface area (Å²) in [6, 6.07) is 4.67. The Bertz CT molecular complexity index is 512. The zero-order valence-corrected chi connectivity index (χ0v) is 13.0. The van der Waals surface area contributed by atoms with Gasteiger partial charge in [0, 0.05) is 18.3 Å². The molecule has 2 N–H and O–H groups in total. The van der Waals surface area contributed by atoms with E-state index in [9.17, 15) is 0 Å². The summed E-state index contributed by atoms with van der Waals surface area (Å²) in [6.07, 6.45) is 8.01. The van der Waals surface area contributed by atoms with Crippen LogP contribution in [-0.4, -0.2) is 22.6 Å². The number of fused-ring (bicyclic) bond motifs is 1. The lowest BCUT2D eigenvalue weighted by molar-refractivity contribution is 0.242. The number of aromatic nitrogens is 1. The van der Waals surface area contributed by atoms with Gasteiger partial charge in [-0.25, -0.2) is 4.98 Å². The van der Waals surface area contributed by atoms with Crippen LogP contribution in [0, 0.1) is 12.8 Å². The fourth-order valence-corrected chi connectivity index (χ4v) is 4.00. The third-order valence-corrected chi connectivity index (χ3v) is 5.02. The first kappa shape index (κ1) is 13.8. The highest BCUT2D eigenvalue weighted by atomic mass is 32.1. The second-order valence-electron chi connectivity index (χ2n) is 6.14. The van der Waals surface area contributed by atoms with Gasteiger partial charge in [0.1, 0.15) is 10.8 Å². The van der Waals surface area contributed by atoms with Crippen molar-refractivity contribution in [2.24, 2.45) is 11.7 Å². The molecule has 1 saturated heterocycles. The van der Waals surface area contributed by atoms with Crippen molar-refractivity contribution in [3.8, 4) is 0 Å². The van der Waals surface area contributed by atoms with Gasteiger partial charge in [-0.1, -0.05) is 25.1 Å². The van der Waals surface area contributed by atoms with Crippen LogP contribution in [0.5, 0.6) is 0 Å². The van der Waals surface area contributed by atoms with Crippen LogP contribution in [0.1, 0.15) is 49.8 Å². The topological polar surface area (TPSA) is 42.1 Å². The van der Waals surface area contributed by atoms with Crippen molar-refractivity contribution >= 4 is 23.0 Å². The Kier molecular flexibility index (Phi) is 3.92. The lowest BCUT2D eigenvalue weighted by Gasteiger charge is -2.45. The molecular weight excluding hydrogens is 266 g/mol. The van der Waals surface area contributed by atoms with Gasteiger partial charge in [0.25, 0.3) is 0 Å². The van der Waals surface area contributed by atoms with E-state index >= 15 is 0 Å². The maximum atomic E-state index is 5.90. The van der Waals surface area contributed by atoms with Crippen LogP contribution < -0.4 is 10.6 Å².